The molecule has 0 spiro atoms. The third kappa shape index (κ3) is 2.80. The van der Waals surface area contributed by atoms with Gasteiger partial charge >= 0.3 is 0 Å². The van der Waals surface area contributed by atoms with Crippen molar-refractivity contribution in [2.45, 2.75) is 32.0 Å². The number of aromatic amines is 1. The lowest BCUT2D eigenvalue weighted by Gasteiger charge is -2.12. The SMILES string of the molecule is C[C@H]1C[C@@H](Oc2ncnc3nc(-c4cncc5ccccc45)[nH]c23)C[C@@H]1O. The van der Waals surface area contributed by atoms with E-state index in [1.165, 1.54) is 6.33 Å². The van der Waals surface area contributed by atoms with Gasteiger partial charge in [-0.3, -0.25) is 4.98 Å². The molecule has 2 N–H and O–H groups in total. The maximum atomic E-state index is 9.97. The van der Waals surface area contributed by atoms with Gasteiger partial charge in [0.2, 0.25) is 5.88 Å². The molecule has 0 unspecified atom stereocenters. The molecule has 0 aliphatic heterocycles. The van der Waals surface area contributed by atoms with E-state index in [-0.39, 0.29) is 18.1 Å². The molecular formula is C20H19N5O2. The summed E-state index contributed by atoms with van der Waals surface area (Å²) in [5.74, 6) is 1.38. The molecule has 3 atom stereocenters. The molecule has 3 aromatic heterocycles. The molecule has 1 fully saturated rings. The molecule has 0 amide bonds. The van der Waals surface area contributed by atoms with Crippen LogP contribution in [0.3, 0.4) is 0 Å². The van der Waals surface area contributed by atoms with Crippen molar-refractivity contribution in [3.05, 3.63) is 43.0 Å². The number of hydrogen-bond donors (Lipinski definition) is 2. The molecule has 1 aliphatic rings. The van der Waals surface area contributed by atoms with Crippen molar-refractivity contribution in [2.24, 2.45) is 5.92 Å². The van der Waals surface area contributed by atoms with Crippen molar-refractivity contribution in [1.82, 2.24) is 24.9 Å². The van der Waals surface area contributed by atoms with Crippen LogP contribution in [0.5, 0.6) is 5.88 Å². The number of benzene rings is 1. The van der Waals surface area contributed by atoms with E-state index in [2.05, 4.69) is 24.9 Å². The van der Waals surface area contributed by atoms with Crippen LogP contribution in [0.1, 0.15) is 19.8 Å². The Hall–Kier alpha value is -3.06. The highest BCUT2D eigenvalue weighted by atomic mass is 16.5. The van der Waals surface area contributed by atoms with Crippen molar-refractivity contribution in [3.8, 4) is 17.3 Å². The van der Waals surface area contributed by atoms with Crippen LogP contribution in [0.15, 0.2) is 43.0 Å². The van der Waals surface area contributed by atoms with Crippen LogP contribution >= 0.6 is 0 Å². The summed E-state index contributed by atoms with van der Waals surface area (Å²) in [4.78, 5) is 20.8. The lowest BCUT2D eigenvalue weighted by Crippen LogP contribution is -2.14. The molecule has 7 nitrogen and oxygen atoms in total. The van der Waals surface area contributed by atoms with Gasteiger partial charge in [-0.05, 0) is 17.7 Å². The third-order valence-corrected chi connectivity index (χ3v) is 5.25. The van der Waals surface area contributed by atoms with E-state index < -0.39 is 0 Å². The normalized spacial score (nSPS) is 22.5. The van der Waals surface area contributed by atoms with Gasteiger partial charge in [-0.2, -0.15) is 4.98 Å². The lowest BCUT2D eigenvalue weighted by atomic mass is 10.1. The highest BCUT2D eigenvalue weighted by Crippen LogP contribution is 2.32. The van der Waals surface area contributed by atoms with Crippen LogP contribution in [0, 0.1) is 5.92 Å². The molecule has 0 radical (unpaired) electrons. The lowest BCUT2D eigenvalue weighted by molar-refractivity contribution is 0.129. The minimum atomic E-state index is -0.327. The Morgan fingerprint density at radius 2 is 2.04 bits per heavy atom. The number of nitrogens with one attached hydrogen (secondary N) is 1. The van der Waals surface area contributed by atoms with E-state index >= 15 is 0 Å². The van der Waals surface area contributed by atoms with Crippen LogP contribution in [-0.4, -0.2) is 42.2 Å². The first kappa shape index (κ1) is 16.1. The smallest absolute Gasteiger partial charge is 0.243 e. The minimum absolute atomic E-state index is 0.0564. The van der Waals surface area contributed by atoms with Gasteiger partial charge in [-0.1, -0.05) is 31.2 Å². The van der Waals surface area contributed by atoms with Gasteiger partial charge in [-0.15, -0.1) is 0 Å². The Kier molecular flexibility index (Phi) is 3.75. The van der Waals surface area contributed by atoms with Crippen LogP contribution in [0.4, 0.5) is 0 Å². The van der Waals surface area contributed by atoms with Gasteiger partial charge in [0.15, 0.2) is 5.65 Å². The fourth-order valence-electron chi connectivity index (χ4n) is 3.75. The first-order valence-corrected chi connectivity index (χ1v) is 9.07. The first-order chi connectivity index (χ1) is 13.2. The molecule has 3 heterocycles. The van der Waals surface area contributed by atoms with E-state index in [9.17, 15) is 5.11 Å². The summed E-state index contributed by atoms with van der Waals surface area (Å²) in [5.41, 5.74) is 2.12. The van der Waals surface area contributed by atoms with E-state index in [1.54, 1.807) is 6.20 Å². The highest BCUT2D eigenvalue weighted by Gasteiger charge is 2.32. The Balaban J connectivity index is 1.56. The first-order valence-electron chi connectivity index (χ1n) is 9.07. The van der Waals surface area contributed by atoms with Crippen molar-refractivity contribution in [3.63, 3.8) is 0 Å². The summed E-state index contributed by atoms with van der Waals surface area (Å²) in [7, 11) is 0. The largest absolute Gasteiger partial charge is 0.473 e. The summed E-state index contributed by atoms with van der Waals surface area (Å²) >= 11 is 0. The Bertz CT molecular complexity index is 1110. The molecule has 0 saturated heterocycles. The zero-order chi connectivity index (χ0) is 18.4. The fraction of sp³-hybridized carbons (Fsp3) is 0.300. The molecule has 4 aromatic rings. The molecule has 1 aromatic carbocycles. The van der Waals surface area contributed by atoms with Crippen LogP contribution in [0.2, 0.25) is 0 Å². The Morgan fingerprint density at radius 1 is 1.15 bits per heavy atom. The number of aromatic nitrogens is 5. The second-order valence-corrected chi connectivity index (χ2v) is 7.13. The van der Waals surface area contributed by atoms with E-state index in [0.717, 1.165) is 22.8 Å². The monoisotopic (exact) mass is 361 g/mol. The molecule has 136 valence electrons. The quantitative estimate of drug-likeness (QED) is 0.582. The number of pyridine rings is 1. The number of nitrogens with zero attached hydrogens (tertiary/aromatic N) is 4. The van der Waals surface area contributed by atoms with Gasteiger partial charge in [0, 0.05) is 29.8 Å². The maximum Gasteiger partial charge on any atom is 0.243 e. The molecule has 27 heavy (non-hydrogen) atoms. The number of aliphatic hydroxyl groups is 1. The third-order valence-electron chi connectivity index (χ3n) is 5.25. The Morgan fingerprint density at radius 3 is 2.89 bits per heavy atom. The van der Waals surface area contributed by atoms with E-state index in [4.69, 9.17) is 4.74 Å². The maximum absolute atomic E-state index is 9.97. The summed E-state index contributed by atoms with van der Waals surface area (Å²) in [5, 5.41) is 12.1. The van der Waals surface area contributed by atoms with Crippen molar-refractivity contribution < 1.29 is 9.84 Å². The zero-order valence-electron chi connectivity index (χ0n) is 14.8. The zero-order valence-corrected chi connectivity index (χ0v) is 14.8. The summed E-state index contributed by atoms with van der Waals surface area (Å²) in [6.45, 7) is 2.03. The topological polar surface area (TPSA) is 96.8 Å². The number of hydrogen-bond acceptors (Lipinski definition) is 6. The standard InChI is InChI=1S/C20H19N5O2/c1-11-6-13(7-16(11)26)27-20-17-19(22-10-23-20)25-18(24-17)15-9-21-8-12-4-2-3-5-14(12)15/h2-5,8-11,13,16,26H,6-7H2,1H3,(H,22,23,24,25)/t11-,13+,16-/m0/s1. The summed E-state index contributed by atoms with van der Waals surface area (Å²) in [6, 6.07) is 8.05. The second-order valence-electron chi connectivity index (χ2n) is 7.13. The molecule has 5 rings (SSSR count). The Labute approximate surface area is 155 Å². The summed E-state index contributed by atoms with van der Waals surface area (Å²) in [6.07, 6.45) is 6.12. The average Bonchev–Trinajstić information content (AvgIpc) is 3.25. The predicted octanol–water partition coefficient (Wildman–Crippen LogP) is 3.11. The second kappa shape index (κ2) is 6.28. The number of imidazole rings is 1. The molecular weight excluding hydrogens is 342 g/mol. The molecule has 1 aliphatic carbocycles. The molecule has 0 bridgehead atoms. The van der Waals surface area contributed by atoms with Gasteiger partial charge in [-0.25, -0.2) is 9.97 Å². The van der Waals surface area contributed by atoms with Gasteiger partial charge < -0.3 is 14.8 Å². The molecule has 7 heteroatoms. The molecule has 1 saturated carbocycles. The van der Waals surface area contributed by atoms with Crippen LogP contribution in [-0.2, 0) is 0 Å². The number of fused-ring (bicyclic) bond motifs is 2. The van der Waals surface area contributed by atoms with Crippen LogP contribution < -0.4 is 4.74 Å². The number of rotatable bonds is 3. The number of H-pyrrole nitrogens is 1. The van der Waals surface area contributed by atoms with Crippen molar-refractivity contribution >= 4 is 21.9 Å². The van der Waals surface area contributed by atoms with Gasteiger partial charge in [0.25, 0.3) is 0 Å². The minimum Gasteiger partial charge on any atom is -0.473 e. The van der Waals surface area contributed by atoms with Crippen LogP contribution in [0.25, 0.3) is 33.3 Å². The number of aliphatic hydroxyl groups excluding tert-OH is 1. The van der Waals surface area contributed by atoms with Gasteiger partial charge in [0.05, 0.1) is 6.10 Å². The predicted molar refractivity (Wildman–Crippen MR) is 101 cm³/mol. The average molecular weight is 361 g/mol. The van der Waals surface area contributed by atoms with Crippen molar-refractivity contribution in [2.75, 3.05) is 0 Å². The highest BCUT2D eigenvalue weighted by molar-refractivity contribution is 5.95. The fourth-order valence-corrected chi connectivity index (χ4v) is 3.75. The van der Waals surface area contributed by atoms with E-state index in [1.807, 2.05) is 37.4 Å². The van der Waals surface area contributed by atoms with E-state index in [0.29, 0.717) is 29.3 Å². The van der Waals surface area contributed by atoms with Gasteiger partial charge in [0.1, 0.15) is 23.8 Å². The van der Waals surface area contributed by atoms with Crippen molar-refractivity contribution in [1.29, 1.82) is 0 Å². The number of ether oxygens (including phenoxy) is 1. The summed E-state index contributed by atoms with van der Waals surface area (Å²) < 4.78 is 6.07.